The third-order valence-corrected chi connectivity index (χ3v) is 4.60. The van der Waals surface area contributed by atoms with Crippen LogP contribution in [0.2, 0.25) is 0 Å². The van der Waals surface area contributed by atoms with Crippen molar-refractivity contribution in [1.82, 2.24) is 30.2 Å². The fourth-order valence-electron chi connectivity index (χ4n) is 3.18. The van der Waals surface area contributed by atoms with Gasteiger partial charge in [-0.1, -0.05) is 6.07 Å². The lowest BCUT2D eigenvalue weighted by atomic mass is 10.2. The van der Waals surface area contributed by atoms with Crippen LogP contribution in [0.5, 0.6) is 5.88 Å². The average Bonchev–Trinajstić information content (AvgIpc) is 3.34. The first-order valence-electron chi connectivity index (χ1n) is 9.61. The Bertz CT molecular complexity index is 1100. The van der Waals surface area contributed by atoms with Crippen molar-refractivity contribution in [3.8, 4) is 5.88 Å². The van der Waals surface area contributed by atoms with E-state index in [1.165, 1.54) is 10.7 Å². The second-order valence-electron chi connectivity index (χ2n) is 6.60. The fraction of sp³-hybridized carbons (Fsp3) is 0.316. The molecule has 156 valence electrons. The predicted octanol–water partition coefficient (Wildman–Crippen LogP) is 0.927. The van der Waals surface area contributed by atoms with E-state index in [0.29, 0.717) is 48.6 Å². The summed E-state index contributed by atoms with van der Waals surface area (Å²) >= 11 is 0. The Kier molecular flexibility index (Phi) is 5.33. The van der Waals surface area contributed by atoms with Crippen molar-refractivity contribution in [3.63, 3.8) is 0 Å². The maximum absolute atomic E-state index is 12.8. The number of pyridine rings is 1. The molecular formula is C19H22N8O3. The van der Waals surface area contributed by atoms with E-state index in [0.717, 1.165) is 0 Å². The van der Waals surface area contributed by atoms with Crippen LogP contribution in [-0.4, -0.2) is 57.6 Å². The number of hydrogen-bond donors (Lipinski definition) is 4. The summed E-state index contributed by atoms with van der Waals surface area (Å²) in [7, 11) is 1.75. The van der Waals surface area contributed by atoms with E-state index in [-0.39, 0.29) is 11.5 Å². The highest BCUT2D eigenvalue weighted by Gasteiger charge is 2.27. The van der Waals surface area contributed by atoms with Gasteiger partial charge in [0.25, 0.3) is 5.91 Å². The highest BCUT2D eigenvalue weighted by molar-refractivity contribution is 6.02. The number of carbonyl (C=O) groups is 2. The summed E-state index contributed by atoms with van der Waals surface area (Å²) in [6.07, 6.45) is 1.98. The molecule has 1 atom stereocenters. The van der Waals surface area contributed by atoms with Crippen LogP contribution in [-0.2, 0) is 4.79 Å². The molecular weight excluding hydrogens is 388 g/mol. The second-order valence-corrected chi connectivity index (χ2v) is 6.60. The van der Waals surface area contributed by atoms with E-state index in [4.69, 9.17) is 4.74 Å². The molecule has 11 heteroatoms. The Balaban J connectivity index is 1.65. The van der Waals surface area contributed by atoms with Gasteiger partial charge < -0.3 is 26.0 Å². The number of amides is 2. The van der Waals surface area contributed by atoms with Crippen LogP contribution in [0.4, 0.5) is 17.5 Å². The van der Waals surface area contributed by atoms with Gasteiger partial charge in [-0.15, -0.1) is 0 Å². The molecule has 0 aliphatic carbocycles. The van der Waals surface area contributed by atoms with Gasteiger partial charge in [0.1, 0.15) is 29.1 Å². The highest BCUT2D eigenvalue weighted by atomic mass is 16.5. The van der Waals surface area contributed by atoms with Gasteiger partial charge in [-0.2, -0.15) is 14.6 Å². The molecule has 4 N–H and O–H groups in total. The third-order valence-electron chi connectivity index (χ3n) is 4.60. The van der Waals surface area contributed by atoms with E-state index >= 15 is 0 Å². The molecule has 0 spiro atoms. The van der Waals surface area contributed by atoms with Gasteiger partial charge in [0.05, 0.1) is 12.8 Å². The summed E-state index contributed by atoms with van der Waals surface area (Å²) in [5.41, 5.74) is 0.618. The average molecular weight is 410 g/mol. The van der Waals surface area contributed by atoms with E-state index in [1.807, 2.05) is 13.0 Å². The number of nitrogens with one attached hydrogen (secondary N) is 4. The normalized spacial score (nSPS) is 15.7. The fourth-order valence-corrected chi connectivity index (χ4v) is 3.18. The molecule has 2 amide bonds. The number of ether oxygens (including phenoxy) is 1. The largest absolute Gasteiger partial charge is 0.478 e. The highest BCUT2D eigenvalue weighted by Crippen LogP contribution is 2.22. The van der Waals surface area contributed by atoms with Crippen LogP contribution in [0.25, 0.3) is 5.65 Å². The van der Waals surface area contributed by atoms with E-state index < -0.39 is 11.9 Å². The first-order valence-corrected chi connectivity index (χ1v) is 9.61. The standard InChI is InChI=1S/C19H22N8O3/c1-3-30-16-6-4-5-13(25-16)24-14-9-15(20-2)27-17(26-14)11(10-22-27)18(28)23-12-7-8-21-19(12)29/h4-6,9-10,12,20H,3,7-8H2,1-2H3,(H,21,29)(H,23,28)(H,24,25,26)/t12-/m1/s1. The molecule has 0 unspecified atom stereocenters. The van der Waals surface area contributed by atoms with Crippen LogP contribution in [0.15, 0.2) is 30.5 Å². The van der Waals surface area contributed by atoms with Crippen molar-refractivity contribution in [3.05, 3.63) is 36.0 Å². The van der Waals surface area contributed by atoms with Crippen molar-refractivity contribution < 1.29 is 14.3 Å². The monoisotopic (exact) mass is 410 g/mol. The smallest absolute Gasteiger partial charge is 0.257 e. The third kappa shape index (κ3) is 3.81. The Morgan fingerprint density at radius 2 is 2.20 bits per heavy atom. The topological polar surface area (TPSA) is 135 Å². The molecule has 30 heavy (non-hydrogen) atoms. The molecule has 4 heterocycles. The second kappa shape index (κ2) is 8.23. The van der Waals surface area contributed by atoms with Crippen molar-refractivity contribution in [2.24, 2.45) is 0 Å². The number of aromatic nitrogens is 4. The minimum atomic E-state index is -0.553. The van der Waals surface area contributed by atoms with Gasteiger partial charge >= 0.3 is 0 Å². The number of hydrogen-bond acceptors (Lipinski definition) is 8. The summed E-state index contributed by atoms with van der Waals surface area (Å²) in [6.45, 7) is 2.94. The van der Waals surface area contributed by atoms with Gasteiger partial charge in [-0.25, -0.2) is 4.98 Å². The molecule has 1 fully saturated rings. The first kappa shape index (κ1) is 19.4. The molecule has 1 aliphatic rings. The Hall–Kier alpha value is -3.89. The van der Waals surface area contributed by atoms with Crippen LogP contribution < -0.4 is 26.0 Å². The maximum atomic E-state index is 12.8. The van der Waals surface area contributed by atoms with Crippen LogP contribution >= 0.6 is 0 Å². The summed E-state index contributed by atoms with van der Waals surface area (Å²) in [5, 5.41) is 15.9. The maximum Gasteiger partial charge on any atom is 0.257 e. The van der Waals surface area contributed by atoms with Gasteiger partial charge in [0, 0.05) is 25.7 Å². The minimum Gasteiger partial charge on any atom is -0.478 e. The van der Waals surface area contributed by atoms with Crippen molar-refractivity contribution in [2.75, 3.05) is 30.8 Å². The molecule has 0 radical (unpaired) electrons. The van der Waals surface area contributed by atoms with Gasteiger partial charge in [0.15, 0.2) is 5.65 Å². The number of carbonyl (C=O) groups excluding carboxylic acids is 2. The van der Waals surface area contributed by atoms with Crippen LogP contribution in [0.3, 0.4) is 0 Å². The zero-order valence-corrected chi connectivity index (χ0v) is 16.6. The Morgan fingerprint density at radius 1 is 1.33 bits per heavy atom. The lowest BCUT2D eigenvalue weighted by Gasteiger charge is -2.11. The van der Waals surface area contributed by atoms with Crippen molar-refractivity contribution in [2.45, 2.75) is 19.4 Å². The molecule has 11 nitrogen and oxygen atoms in total. The number of rotatable bonds is 7. The van der Waals surface area contributed by atoms with Crippen LogP contribution in [0.1, 0.15) is 23.7 Å². The molecule has 0 aromatic carbocycles. The number of fused-ring (bicyclic) bond motifs is 1. The Labute approximate surface area is 172 Å². The zero-order valence-electron chi connectivity index (χ0n) is 16.6. The zero-order chi connectivity index (χ0) is 21.1. The number of nitrogens with zero attached hydrogens (tertiary/aromatic N) is 4. The summed E-state index contributed by atoms with van der Waals surface area (Å²) in [4.78, 5) is 33.4. The lowest BCUT2D eigenvalue weighted by Crippen LogP contribution is -2.40. The van der Waals surface area contributed by atoms with Gasteiger partial charge in [-0.05, 0) is 19.4 Å². The van der Waals surface area contributed by atoms with E-state index in [2.05, 4.69) is 36.3 Å². The summed E-state index contributed by atoms with van der Waals surface area (Å²) < 4.78 is 6.95. The predicted molar refractivity (Wildman–Crippen MR) is 110 cm³/mol. The minimum absolute atomic E-state index is 0.189. The van der Waals surface area contributed by atoms with Crippen LogP contribution in [0, 0.1) is 0 Å². The van der Waals surface area contributed by atoms with Crippen molar-refractivity contribution in [1.29, 1.82) is 0 Å². The number of anilines is 3. The molecule has 3 aromatic rings. The van der Waals surface area contributed by atoms with E-state index in [1.54, 1.807) is 25.2 Å². The van der Waals surface area contributed by atoms with Gasteiger partial charge in [0.2, 0.25) is 11.8 Å². The lowest BCUT2D eigenvalue weighted by molar-refractivity contribution is -0.120. The molecule has 4 rings (SSSR count). The molecule has 0 saturated carbocycles. The SMILES string of the molecule is CCOc1cccc(Nc2cc(NC)n3ncc(C(=O)N[C@@H]4CCNC4=O)c3n2)n1. The summed E-state index contributed by atoms with van der Waals surface area (Å²) in [5.74, 6) is 1.55. The van der Waals surface area contributed by atoms with E-state index in [9.17, 15) is 9.59 Å². The quantitative estimate of drug-likeness (QED) is 0.452. The Morgan fingerprint density at radius 3 is 2.93 bits per heavy atom. The first-order chi connectivity index (χ1) is 14.6. The molecule has 0 bridgehead atoms. The molecule has 1 saturated heterocycles. The summed E-state index contributed by atoms with van der Waals surface area (Å²) in [6, 6.07) is 6.57. The van der Waals surface area contributed by atoms with Gasteiger partial charge in [-0.3, -0.25) is 9.59 Å². The molecule has 1 aliphatic heterocycles. The van der Waals surface area contributed by atoms with Crippen molar-refractivity contribution >= 4 is 34.9 Å². The molecule has 3 aromatic heterocycles.